The van der Waals surface area contributed by atoms with Crippen LogP contribution in [0.25, 0.3) is 10.2 Å². The van der Waals surface area contributed by atoms with Gasteiger partial charge in [-0.15, -0.1) is 0 Å². The second kappa shape index (κ2) is 15.8. The van der Waals surface area contributed by atoms with Crippen LogP contribution in [0.4, 0.5) is 5.13 Å². The Kier molecular flexibility index (Phi) is 11.9. The highest BCUT2D eigenvalue weighted by molar-refractivity contribution is 7.89. The zero-order valence-electron chi connectivity index (χ0n) is 26.4. The van der Waals surface area contributed by atoms with E-state index in [0.717, 1.165) is 9.71 Å². The third-order valence-electron chi connectivity index (χ3n) is 6.80. The van der Waals surface area contributed by atoms with Crippen molar-refractivity contribution in [1.29, 1.82) is 0 Å². The highest BCUT2D eigenvalue weighted by Gasteiger charge is 2.26. The van der Waals surface area contributed by atoms with Gasteiger partial charge in [-0.05, 0) is 54.6 Å². The monoisotopic (exact) mass is 672 g/mol. The number of anilines is 1. The summed E-state index contributed by atoms with van der Waals surface area (Å²) in [5.41, 5.74) is 1.40. The van der Waals surface area contributed by atoms with Gasteiger partial charge in [-0.25, -0.2) is 13.4 Å². The molecule has 46 heavy (non-hydrogen) atoms. The molecule has 0 aliphatic rings. The van der Waals surface area contributed by atoms with Gasteiger partial charge < -0.3 is 28.4 Å². The summed E-state index contributed by atoms with van der Waals surface area (Å²) in [5.74, 6) is 1.34. The summed E-state index contributed by atoms with van der Waals surface area (Å²) in [6, 6.07) is 14.4. The molecular weight excluding hydrogens is 636 g/mol. The number of hydrogen-bond donors (Lipinski definition) is 0. The third kappa shape index (κ3) is 7.74. The predicted octanol–water partition coefficient (Wildman–Crippen LogP) is 4.30. The summed E-state index contributed by atoms with van der Waals surface area (Å²) < 4.78 is 60.7. The Hall–Kier alpha value is -4.28. The van der Waals surface area contributed by atoms with Crippen molar-refractivity contribution in [2.24, 2.45) is 5.10 Å². The highest BCUT2D eigenvalue weighted by atomic mass is 32.2. The van der Waals surface area contributed by atoms with Gasteiger partial charge in [0.15, 0.2) is 11.5 Å². The first-order valence-electron chi connectivity index (χ1n) is 13.9. The fraction of sp³-hybridized carbons (Fsp3) is 0.323. The van der Waals surface area contributed by atoms with Crippen LogP contribution in [0, 0.1) is 0 Å². The van der Waals surface area contributed by atoms with Gasteiger partial charge >= 0.3 is 0 Å². The molecule has 0 saturated heterocycles. The number of thiazole rings is 1. The Balaban J connectivity index is 1.73. The molecule has 0 aliphatic heterocycles. The molecule has 0 atom stereocenters. The maximum Gasteiger partial charge on any atom is 0.280 e. The van der Waals surface area contributed by atoms with E-state index in [-0.39, 0.29) is 36.8 Å². The largest absolute Gasteiger partial charge is 0.497 e. The SMILES string of the molecule is COCCN(CCOC)S(=O)(=O)c1ccc(C(=O)N(/N=C/c2cc(OC)c(OC)c(OC)c2)c2nc3ccc(OC)cc3s2)cc1. The molecule has 1 aromatic heterocycles. The van der Waals surface area contributed by atoms with Gasteiger partial charge in [-0.3, -0.25) is 4.79 Å². The maximum absolute atomic E-state index is 14.0. The minimum absolute atomic E-state index is 0.0239. The summed E-state index contributed by atoms with van der Waals surface area (Å²) in [6.45, 7) is 0.725. The summed E-state index contributed by atoms with van der Waals surface area (Å²) in [5, 5.41) is 5.97. The lowest BCUT2D eigenvalue weighted by Crippen LogP contribution is -2.36. The summed E-state index contributed by atoms with van der Waals surface area (Å²) in [7, 11) is 5.19. The van der Waals surface area contributed by atoms with Gasteiger partial charge in [0.1, 0.15) is 5.75 Å². The van der Waals surface area contributed by atoms with Crippen LogP contribution in [0.3, 0.4) is 0 Å². The molecule has 246 valence electrons. The zero-order chi connectivity index (χ0) is 33.3. The van der Waals surface area contributed by atoms with E-state index in [1.807, 2.05) is 6.07 Å². The van der Waals surface area contributed by atoms with Crippen molar-refractivity contribution in [3.8, 4) is 23.0 Å². The Morgan fingerprint density at radius 2 is 1.48 bits per heavy atom. The third-order valence-corrected chi connectivity index (χ3v) is 9.70. The van der Waals surface area contributed by atoms with E-state index in [0.29, 0.717) is 39.2 Å². The Morgan fingerprint density at radius 1 is 0.848 bits per heavy atom. The van der Waals surface area contributed by atoms with E-state index in [1.54, 1.807) is 31.4 Å². The Morgan fingerprint density at radius 3 is 2.02 bits per heavy atom. The number of carbonyl (C=O) groups is 1. The van der Waals surface area contributed by atoms with E-state index in [1.165, 1.54) is 81.7 Å². The Bertz CT molecular complexity index is 1740. The number of aromatic nitrogens is 1. The normalized spacial score (nSPS) is 11.7. The molecule has 1 amide bonds. The van der Waals surface area contributed by atoms with Crippen molar-refractivity contribution in [3.05, 3.63) is 65.7 Å². The van der Waals surface area contributed by atoms with Gasteiger partial charge in [-0.2, -0.15) is 14.4 Å². The molecule has 0 radical (unpaired) electrons. The van der Waals surface area contributed by atoms with Crippen LogP contribution in [-0.2, 0) is 19.5 Å². The average Bonchev–Trinajstić information content (AvgIpc) is 3.50. The molecule has 0 unspecified atom stereocenters. The summed E-state index contributed by atoms with van der Waals surface area (Å²) in [6.07, 6.45) is 1.47. The second-order valence-electron chi connectivity index (χ2n) is 9.56. The molecule has 4 aromatic rings. The number of hydrazone groups is 1. The van der Waals surface area contributed by atoms with E-state index >= 15 is 0 Å². The number of nitrogens with zero attached hydrogens (tertiary/aromatic N) is 4. The fourth-order valence-electron chi connectivity index (χ4n) is 4.38. The van der Waals surface area contributed by atoms with Crippen molar-refractivity contribution < 1.29 is 41.6 Å². The summed E-state index contributed by atoms with van der Waals surface area (Å²) in [4.78, 5) is 18.6. The van der Waals surface area contributed by atoms with Crippen LogP contribution in [-0.4, -0.2) is 98.8 Å². The fourth-order valence-corrected chi connectivity index (χ4v) is 6.74. The van der Waals surface area contributed by atoms with Gasteiger partial charge in [0.25, 0.3) is 5.91 Å². The van der Waals surface area contributed by atoms with E-state index in [9.17, 15) is 13.2 Å². The first-order valence-corrected chi connectivity index (χ1v) is 16.2. The topological polar surface area (TPSA) is 138 Å². The minimum atomic E-state index is -3.89. The number of sulfonamides is 1. The number of amides is 1. The molecule has 0 spiro atoms. The predicted molar refractivity (Wildman–Crippen MR) is 176 cm³/mol. The van der Waals surface area contributed by atoms with Crippen LogP contribution in [0.1, 0.15) is 15.9 Å². The van der Waals surface area contributed by atoms with Crippen LogP contribution in [0.15, 0.2) is 64.6 Å². The molecule has 0 bridgehead atoms. The van der Waals surface area contributed by atoms with E-state index in [4.69, 9.17) is 28.4 Å². The number of methoxy groups -OCH3 is 6. The lowest BCUT2D eigenvalue weighted by Gasteiger charge is -2.21. The van der Waals surface area contributed by atoms with Gasteiger partial charge in [0.2, 0.25) is 20.9 Å². The second-order valence-corrected chi connectivity index (χ2v) is 12.5. The standard InChI is InChI=1S/C31H36N4O9S2/c1-39-15-13-34(14-16-40-2)46(37,38)24-10-7-22(8-11-24)30(36)35(31-33-25-12-9-23(41-3)19-28(25)45-31)32-20-21-17-26(42-4)29(44-6)27(18-21)43-5/h7-12,17-20H,13-16H2,1-6H3/b32-20+. The molecule has 1 heterocycles. The molecule has 0 saturated carbocycles. The smallest absolute Gasteiger partial charge is 0.280 e. The highest BCUT2D eigenvalue weighted by Crippen LogP contribution is 2.38. The first-order chi connectivity index (χ1) is 22.2. The Labute approximate surface area is 271 Å². The molecule has 3 aromatic carbocycles. The van der Waals surface area contributed by atoms with E-state index in [2.05, 4.69) is 10.1 Å². The molecule has 0 fully saturated rings. The summed E-state index contributed by atoms with van der Waals surface area (Å²) >= 11 is 1.25. The molecule has 15 heteroatoms. The molecule has 13 nitrogen and oxygen atoms in total. The number of ether oxygens (including phenoxy) is 6. The minimum Gasteiger partial charge on any atom is -0.497 e. The van der Waals surface area contributed by atoms with Crippen molar-refractivity contribution >= 4 is 48.8 Å². The number of carbonyl (C=O) groups excluding carboxylic acids is 1. The van der Waals surface area contributed by atoms with Crippen molar-refractivity contribution in [2.75, 3.05) is 74.0 Å². The number of fused-ring (bicyclic) bond motifs is 1. The van der Waals surface area contributed by atoms with Crippen LogP contribution in [0.2, 0.25) is 0 Å². The quantitative estimate of drug-likeness (QED) is 0.125. The van der Waals surface area contributed by atoms with Crippen LogP contribution >= 0.6 is 11.3 Å². The van der Waals surface area contributed by atoms with Crippen LogP contribution < -0.4 is 24.0 Å². The number of rotatable bonds is 16. The first kappa shape index (κ1) is 34.6. The lowest BCUT2D eigenvalue weighted by atomic mass is 10.2. The van der Waals surface area contributed by atoms with Gasteiger partial charge in [-0.1, -0.05) is 11.3 Å². The van der Waals surface area contributed by atoms with Gasteiger partial charge in [0.05, 0.1) is 63.0 Å². The number of benzene rings is 3. The zero-order valence-corrected chi connectivity index (χ0v) is 28.0. The average molecular weight is 673 g/mol. The molecule has 0 aliphatic carbocycles. The number of hydrogen-bond acceptors (Lipinski definition) is 12. The molecule has 4 rings (SSSR count). The van der Waals surface area contributed by atoms with Crippen molar-refractivity contribution in [1.82, 2.24) is 9.29 Å². The van der Waals surface area contributed by atoms with Crippen molar-refractivity contribution in [2.45, 2.75) is 4.90 Å². The van der Waals surface area contributed by atoms with Crippen LogP contribution in [0.5, 0.6) is 23.0 Å². The van der Waals surface area contributed by atoms with Crippen molar-refractivity contribution in [3.63, 3.8) is 0 Å². The van der Waals surface area contributed by atoms with Gasteiger partial charge in [0, 0.05) is 38.4 Å². The lowest BCUT2D eigenvalue weighted by molar-refractivity contribution is 0.0987. The maximum atomic E-state index is 14.0. The molecular formula is C31H36N4O9S2. The molecule has 0 N–H and O–H groups in total. The van der Waals surface area contributed by atoms with E-state index < -0.39 is 15.9 Å².